The maximum atomic E-state index is 14.3. The molecule has 0 radical (unpaired) electrons. The second-order valence-electron chi connectivity index (χ2n) is 6.69. The number of carbonyl (C=O) groups excluding carboxylic acids is 1. The molecule has 1 saturated heterocycles. The zero-order valence-electron chi connectivity index (χ0n) is 15.3. The number of benzene rings is 2. The summed E-state index contributed by atoms with van der Waals surface area (Å²) in [5.74, 6) is -0.860. The number of hydrogen-bond donors (Lipinski definition) is 1. The van der Waals surface area contributed by atoms with Crippen molar-refractivity contribution in [2.45, 2.75) is 12.8 Å². The molecule has 1 aromatic heterocycles. The minimum absolute atomic E-state index is 0.0341. The lowest BCUT2D eigenvalue weighted by Gasteiger charge is -2.17. The third kappa shape index (κ3) is 4.09. The van der Waals surface area contributed by atoms with Gasteiger partial charge in [-0.05, 0) is 43.2 Å². The van der Waals surface area contributed by atoms with E-state index in [-0.39, 0.29) is 11.3 Å². The maximum Gasteiger partial charge on any atom is 0.281 e. The molecule has 2 heterocycles. The second kappa shape index (κ2) is 7.96. The molecule has 7 nitrogen and oxygen atoms in total. The van der Waals surface area contributed by atoms with Crippen LogP contribution in [-0.4, -0.2) is 30.1 Å². The highest BCUT2D eigenvalue weighted by Crippen LogP contribution is 2.29. The quantitative estimate of drug-likeness (QED) is 0.384. The number of anilines is 1. The molecule has 0 aliphatic carbocycles. The van der Waals surface area contributed by atoms with Gasteiger partial charge in [-0.15, -0.1) is 11.3 Å². The second-order valence-corrected chi connectivity index (χ2v) is 7.77. The van der Waals surface area contributed by atoms with Crippen molar-refractivity contribution in [3.05, 3.63) is 68.8 Å². The maximum absolute atomic E-state index is 14.3. The molecule has 0 spiro atoms. The smallest absolute Gasteiger partial charge is 0.281 e. The van der Waals surface area contributed by atoms with Crippen molar-refractivity contribution < 1.29 is 14.1 Å². The summed E-state index contributed by atoms with van der Waals surface area (Å²) in [6.45, 7) is 1.86. The molecule has 0 atom stereocenters. The molecule has 3 aromatic rings. The van der Waals surface area contributed by atoms with Crippen LogP contribution in [0.1, 0.15) is 28.1 Å². The summed E-state index contributed by atoms with van der Waals surface area (Å²) in [7, 11) is 0. The van der Waals surface area contributed by atoms with Crippen LogP contribution in [0.15, 0.2) is 47.6 Å². The molecular formula is C20H17FN4O3S. The Balaban J connectivity index is 1.44. The summed E-state index contributed by atoms with van der Waals surface area (Å²) in [6.07, 6.45) is 3.49. The first-order chi connectivity index (χ1) is 14.0. The van der Waals surface area contributed by atoms with E-state index in [9.17, 15) is 19.3 Å². The van der Waals surface area contributed by atoms with Crippen LogP contribution in [0.5, 0.6) is 0 Å². The van der Waals surface area contributed by atoms with E-state index < -0.39 is 16.6 Å². The molecule has 2 aromatic carbocycles. The fourth-order valence-corrected chi connectivity index (χ4v) is 4.20. The molecule has 0 bridgehead atoms. The van der Waals surface area contributed by atoms with Gasteiger partial charge in [0.1, 0.15) is 5.82 Å². The average Bonchev–Trinajstić information content (AvgIpc) is 3.38. The highest BCUT2D eigenvalue weighted by atomic mass is 32.1. The van der Waals surface area contributed by atoms with Crippen molar-refractivity contribution in [3.63, 3.8) is 0 Å². The molecule has 0 saturated carbocycles. The standard InChI is InChI=1S/C20H17FN4O3S/c21-17-11-15(24-7-1-2-8-24)4-3-13(17)12-22-23-20(26)19-10-14-9-16(25(27)28)5-6-18(14)29-19/h3-6,9-12H,1-2,7-8H2,(H,23,26)/b22-12-. The number of hydrazone groups is 1. The number of nitrogens with zero attached hydrogens (tertiary/aromatic N) is 3. The van der Waals surface area contributed by atoms with Crippen LogP contribution < -0.4 is 10.3 Å². The van der Waals surface area contributed by atoms with Crippen molar-refractivity contribution in [3.8, 4) is 0 Å². The molecular weight excluding hydrogens is 395 g/mol. The van der Waals surface area contributed by atoms with Crippen LogP contribution in [0, 0.1) is 15.9 Å². The lowest BCUT2D eigenvalue weighted by atomic mass is 10.2. The van der Waals surface area contributed by atoms with Gasteiger partial charge in [0.25, 0.3) is 11.6 Å². The van der Waals surface area contributed by atoms with Crippen molar-refractivity contribution in [1.82, 2.24) is 5.43 Å². The molecule has 9 heteroatoms. The van der Waals surface area contributed by atoms with E-state index in [1.54, 1.807) is 18.2 Å². The van der Waals surface area contributed by atoms with Gasteiger partial charge in [0.2, 0.25) is 0 Å². The first-order valence-corrected chi connectivity index (χ1v) is 9.89. The molecule has 1 amide bonds. The van der Waals surface area contributed by atoms with Crippen LogP contribution in [-0.2, 0) is 0 Å². The molecule has 148 valence electrons. The number of amides is 1. The lowest BCUT2D eigenvalue weighted by Crippen LogP contribution is -2.18. The number of nitro benzene ring substituents is 1. The Kier molecular flexibility index (Phi) is 5.22. The van der Waals surface area contributed by atoms with Crippen LogP contribution in [0.4, 0.5) is 15.8 Å². The number of nitrogens with one attached hydrogen (secondary N) is 1. The third-order valence-corrected chi connectivity index (χ3v) is 5.87. The SMILES string of the molecule is O=C(N/N=C\c1ccc(N2CCCC2)cc1F)c1cc2cc([N+](=O)[O-])ccc2s1. The Labute approximate surface area is 169 Å². The zero-order chi connectivity index (χ0) is 20.4. The van der Waals surface area contributed by atoms with E-state index in [2.05, 4.69) is 15.4 Å². The van der Waals surface area contributed by atoms with Gasteiger partial charge in [-0.25, -0.2) is 9.82 Å². The molecule has 1 aliphatic rings. The van der Waals surface area contributed by atoms with E-state index in [0.717, 1.165) is 36.3 Å². The van der Waals surface area contributed by atoms with Gasteiger partial charge in [-0.1, -0.05) is 0 Å². The number of thiophene rings is 1. The third-order valence-electron chi connectivity index (χ3n) is 4.76. The largest absolute Gasteiger partial charge is 0.371 e. The predicted octanol–water partition coefficient (Wildman–Crippen LogP) is 4.31. The zero-order valence-corrected chi connectivity index (χ0v) is 16.1. The predicted molar refractivity (Wildman–Crippen MR) is 111 cm³/mol. The first kappa shape index (κ1) is 19.0. The van der Waals surface area contributed by atoms with Crippen LogP contribution in [0.25, 0.3) is 10.1 Å². The van der Waals surface area contributed by atoms with Crippen LogP contribution in [0.2, 0.25) is 0 Å². The van der Waals surface area contributed by atoms with Gasteiger partial charge >= 0.3 is 0 Å². The van der Waals surface area contributed by atoms with Gasteiger partial charge in [0.15, 0.2) is 0 Å². The van der Waals surface area contributed by atoms with Crippen molar-refractivity contribution >= 4 is 44.9 Å². The summed E-state index contributed by atoms with van der Waals surface area (Å²) in [5, 5.41) is 15.3. The van der Waals surface area contributed by atoms with Gasteiger partial charge in [-0.2, -0.15) is 5.10 Å². The van der Waals surface area contributed by atoms with Gasteiger partial charge < -0.3 is 4.90 Å². The molecule has 4 rings (SSSR count). The minimum Gasteiger partial charge on any atom is -0.371 e. The molecule has 1 N–H and O–H groups in total. The summed E-state index contributed by atoms with van der Waals surface area (Å²) in [6, 6.07) is 11.0. The number of rotatable bonds is 5. The first-order valence-electron chi connectivity index (χ1n) is 9.07. The topological polar surface area (TPSA) is 87.8 Å². The average molecular weight is 412 g/mol. The summed E-state index contributed by atoms with van der Waals surface area (Å²) in [4.78, 5) is 25.2. The molecule has 1 fully saturated rings. The van der Waals surface area contributed by atoms with Gasteiger partial charge in [-0.3, -0.25) is 14.9 Å². The number of hydrogen-bond acceptors (Lipinski definition) is 6. The van der Waals surface area contributed by atoms with E-state index in [4.69, 9.17) is 0 Å². The van der Waals surface area contributed by atoms with Crippen molar-refractivity contribution in [2.24, 2.45) is 5.10 Å². The van der Waals surface area contributed by atoms with Gasteiger partial charge in [0.05, 0.1) is 16.0 Å². The Bertz CT molecular complexity index is 1120. The number of non-ortho nitro benzene ring substituents is 1. The fourth-order valence-electron chi connectivity index (χ4n) is 3.26. The minimum atomic E-state index is -0.481. The number of carbonyl (C=O) groups is 1. The Hall–Kier alpha value is -3.33. The summed E-state index contributed by atoms with van der Waals surface area (Å²) in [5.41, 5.74) is 3.46. The van der Waals surface area contributed by atoms with E-state index in [1.165, 1.54) is 35.8 Å². The van der Waals surface area contributed by atoms with E-state index >= 15 is 0 Å². The molecule has 1 aliphatic heterocycles. The highest BCUT2D eigenvalue weighted by Gasteiger charge is 2.15. The molecule has 0 unspecified atom stereocenters. The highest BCUT2D eigenvalue weighted by molar-refractivity contribution is 7.20. The summed E-state index contributed by atoms with van der Waals surface area (Å²) >= 11 is 1.20. The number of fused-ring (bicyclic) bond motifs is 1. The number of nitro groups is 1. The summed E-state index contributed by atoms with van der Waals surface area (Å²) < 4.78 is 15.1. The Morgan fingerprint density at radius 3 is 2.72 bits per heavy atom. The normalized spacial score (nSPS) is 14.0. The van der Waals surface area contributed by atoms with Crippen molar-refractivity contribution in [2.75, 3.05) is 18.0 Å². The molecule has 29 heavy (non-hydrogen) atoms. The van der Waals surface area contributed by atoms with Gasteiger partial charge in [0, 0.05) is 46.6 Å². The van der Waals surface area contributed by atoms with Crippen LogP contribution >= 0.6 is 11.3 Å². The number of halogens is 1. The fraction of sp³-hybridized carbons (Fsp3) is 0.200. The van der Waals surface area contributed by atoms with E-state index in [0.29, 0.717) is 10.3 Å². The Morgan fingerprint density at radius 1 is 1.21 bits per heavy atom. The Morgan fingerprint density at radius 2 is 2.00 bits per heavy atom. The van der Waals surface area contributed by atoms with Crippen molar-refractivity contribution in [1.29, 1.82) is 0 Å². The van der Waals surface area contributed by atoms with Crippen LogP contribution in [0.3, 0.4) is 0 Å². The van der Waals surface area contributed by atoms with E-state index in [1.807, 2.05) is 6.07 Å². The monoisotopic (exact) mass is 412 g/mol. The lowest BCUT2D eigenvalue weighted by molar-refractivity contribution is -0.384.